The van der Waals surface area contributed by atoms with Crippen molar-refractivity contribution in [2.75, 3.05) is 7.05 Å². The van der Waals surface area contributed by atoms with Crippen LogP contribution in [0.2, 0.25) is 0 Å². The van der Waals surface area contributed by atoms with E-state index in [9.17, 15) is 9.59 Å². The second-order valence-electron chi connectivity index (χ2n) is 5.11. The number of ether oxygens (including phenoxy) is 1. The molecule has 1 heterocycles. The number of carbonyl (C=O) groups excluding carboxylic acids is 2. The molecule has 0 radical (unpaired) electrons. The molecular formula is C13H17BrN2O3. The van der Waals surface area contributed by atoms with E-state index in [1.54, 1.807) is 39.2 Å². The summed E-state index contributed by atoms with van der Waals surface area (Å²) in [6, 6.07) is 1.02. The number of pyridine rings is 1. The molecule has 0 saturated carbocycles. The van der Waals surface area contributed by atoms with Gasteiger partial charge in [-0.1, -0.05) is 0 Å². The Bertz CT molecular complexity index is 471. The lowest BCUT2D eigenvalue weighted by atomic mass is 10.1. The standard InChI is InChI=1S/C13H17BrN2O3/c1-13(2,3)19-12(18)16(4)11(8-17)9-5-10(14)7-15-6-9/h5-8,11H,1-4H3. The SMILES string of the molecule is CN(C(=O)OC(C)(C)C)C(C=O)c1cncc(Br)c1. The number of halogens is 1. The summed E-state index contributed by atoms with van der Waals surface area (Å²) in [5.74, 6) is 0. The average molecular weight is 329 g/mol. The van der Waals surface area contributed by atoms with Gasteiger partial charge in [-0.05, 0) is 42.8 Å². The van der Waals surface area contributed by atoms with Gasteiger partial charge in [0.05, 0.1) is 0 Å². The Labute approximate surface area is 121 Å². The summed E-state index contributed by atoms with van der Waals surface area (Å²) in [5.41, 5.74) is 0.0200. The van der Waals surface area contributed by atoms with Gasteiger partial charge in [0, 0.05) is 29.5 Å². The van der Waals surface area contributed by atoms with Crippen LogP contribution in [0.5, 0.6) is 0 Å². The van der Waals surface area contributed by atoms with Crippen LogP contribution in [0.1, 0.15) is 32.4 Å². The molecule has 1 amide bonds. The maximum absolute atomic E-state index is 11.9. The Morgan fingerprint density at radius 2 is 2.11 bits per heavy atom. The number of hydrogen-bond donors (Lipinski definition) is 0. The zero-order valence-corrected chi connectivity index (χ0v) is 13.0. The van der Waals surface area contributed by atoms with Gasteiger partial charge in [0.2, 0.25) is 0 Å². The minimum Gasteiger partial charge on any atom is -0.444 e. The molecule has 1 atom stereocenters. The van der Waals surface area contributed by atoms with Crippen LogP contribution in [0.3, 0.4) is 0 Å². The lowest BCUT2D eigenvalue weighted by Gasteiger charge is -2.28. The van der Waals surface area contributed by atoms with E-state index in [4.69, 9.17) is 4.74 Å². The minimum absolute atomic E-state index is 0.551. The summed E-state index contributed by atoms with van der Waals surface area (Å²) in [6.45, 7) is 5.32. The maximum atomic E-state index is 11.9. The van der Waals surface area contributed by atoms with Crippen molar-refractivity contribution in [3.63, 3.8) is 0 Å². The molecule has 0 N–H and O–H groups in total. The molecule has 104 valence electrons. The summed E-state index contributed by atoms with van der Waals surface area (Å²) < 4.78 is 5.97. The summed E-state index contributed by atoms with van der Waals surface area (Å²) in [6.07, 6.45) is 3.29. The molecule has 0 aliphatic carbocycles. The maximum Gasteiger partial charge on any atom is 0.410 e. The predicted molar refractivity (Wildman–Crippen MR) is 74.7 cm³/mol. The summed E-state index contributed by atoms with van der Waals surface area (Å²) in [7, 11) is 1.52. The van der Waals surface area contributed by atoms with Gasteiger partial charge in [-0.3, -0.25) is 9.88 Å². The molecule has 1 aromatic heterocycles. The third kappa shape index (κ3) is 4.63. The molecule has 0 aliphatic rings. The molecule has 0 aliphatic heterocycles. The first-order chi connectivity index (χ1) is 8.74. The lowest BCUT2D eigenvalue weighted by molar-refractivity contribution is -0.112. The van der Waals surface area contributed by atoms with Crippen molar-refractivity contribution < 1.29 is 14.3 Å². The molecule has 0 saturated heterocycles. The predicted octanol–water partition coefficient (Wildman–Crippen LogP) is 2.95. The Kier molecular flexibility index (Phi) is 5.05. The highest BCUT2D eigenvalue weighted by molar-refractivity contribution is 9.10. The van der Waals surface area contributed by atoms with E-state index in [1.165, 1.54) is 11.9 Å². The molecular weight excluding hydrogens is 312 g/mol. The fraction of sp³-hybridized carbons (Fsp3) is 0.462. The van der Waals surface area contributed by atoms with Gasteiger partial charge in [0.1, 0.15) is 17.9 Å². The van der Waals surface area contributed by atoms with Gasteiger partial charge in [0.25, 0.3) is 0 Å². The van der Waals surface area contributed by atoms with Crippen LogP contribution in [0.15, 0.2) is 22.9 Å². The van der Waals surface area contributed by atoms with E-state index in [1.807, 2.05) is 0 Å². The largest absolute Gasteiger partial charge is 0.444 e. The first-order valence-electron chi connectivity index (χ1n) is 5.76. The van der Waals surface area contributed by atoms with Crippen LogP contribution in [-0.4, -0.2) is 34.9 Å². The Morgan fingerprint density at radius 1 is 1.47 bits per heavy atom. The van der Waals surface area contributed by atoms with Gasteiger partial charge in [0.15, 0.2) is 0 Å². The first-order valence-corrected chi connectivity index (χ1v) is 6.55. The molecule has 0 bridgehead atoms. The van der Waals surface area contributed by atoms with Crippen molar-refractivity contribution in [1.29, 1.82) is 0 Å². The van der Waals surface area contributed by atoms with Crippen LogP contribution < -0.4 is 0 Å². The van der Waals surface area contributed by atoms with Crippen molar-refractivity contribution in [2.24, 2.45) is 0 Å². The van der Waals surface area contributed by atoms with Crippen LogP contribution in [0, 0.1) is 0 Å². The van der Waals surface area contributed by atoms with Gasteiger partial charge in [-0.2, -0.15) is 0 Å². The van der Waals surface area contributed by atoms with Gasteiger partial charge < -0.3 is 9.53 Å². The van der Waals surface area contributed by atoms with Crippen molar-refractivity contribution in [3.8, 4) is 0 Å². The fourth-order valence-corrected chi connectivity index (χ4v) is 1.81. The smallest absolute Gasteiger partial charge is 0.410 e. The van der Waals surface area contributed by atoms with Crippen molar-refractivity contribution >= 4 is 28.3 Å². The third-order valence-corrected chi connectivity index (χ3v) is 2.73. The number of aldehydes is 1. The van der Waals surface area contributed by atoms with E-state index in [2.05, 4.69) is 20.9 Å². The highest BCUT2D eigenvalue weighted by Crippen LogP contribution is 2.21. The molecule has 6 heteroatoms. The summed E-state index contributed by atoms with van der Waals surface area (Å²) in [4.78, 5) is 28.4. The number of rotatable bonds is 3. The second kappa shape index (κ2) is 6.14. The van der Waals surface area contributed by atoms with Crippen LogP contribution >= 0.6 is 15.9 Å². The summed E-state index contributed by atoms with van der Waals surface area (Å²) >= 11 is 3.28. The molecule has 5 nitrogen and oxygen atoms in total. The molecule has 0 aromatic carbocycles. The van der Waals surface area contributed by atoms with Crippen LogP contribution in [0.4, 0.5) is 4.79 Å². The molecule has 1 aromatic rings. The normalized spacial score (nSPS) is 12.7. The van der Waals surface area contributed by atoms with E-state index in [0.29, 0.717) is 11.8 Å². The highest BCUT2D eigenvalue weighted by Gasteiger charge is 2.26. The quantitative estimate of drug-likeness (QED) is 0.800. The molecule has 19 heavy (non-hydrogen) atoms. The molecule has 1 rings (SSSR count). The number of hydrogen-bond acceptors (Lipinski definition) is 4. The number of likely N-dealkylation sites (N-methyl/N-ethyl adjacent to an activating group) is 1. The zero-order valence-electron chi connectivity index (χ0n) is 11.4. The number of amides is 1. The summed E-state index contributed by atoms with van der Waals surface area (Å²) in [5, 5.41) is 0. The van der Waals surface area contributed by atoms with Crippen LogP contribution in [-0.2, 0) is 9.53 Å². The monoisotopic (exact) mass is 328 g/mol. The van der Waals surface area contributed by atoms with Crippen LogP contribution in [0.25, 0.3) is 0 Å². The topological polar surface area (TPSA) is 59.5 Å². The Morgan fingerprint density at radius 3 is 2.58 bits per heavy atom. The van der Waals surface area contributed by atoms with Crippen molar-refractivity contribution in [1.82, 2.24) is 9.88 Å². The van der Waals surface area contributed by atoms with E-state index < -0.39 is 17.7 Å². The van der Waals surface area contributed by atoms with E-state index >= 15 is 0 Å². The van der Waals surface area contributed by atoms with Crippen molar-refractivity contribution in [3.05, 3.63) is 28.5 Å². The Balaban J connectivity index is 2.91. The Hall–Kier alpha value is -1.43. The van der Waals surface area contributed by atoms with E-state index in [-0.39, 0.29) is 0 Å². The number of aromatic nitrogens is 1. The highest BCUT2D eigenvalue weighted by atomic mass is 79.9. The lowest BCUT2D eigenvalue weighted by Crippen LogP contribution is -2.37. The zero-order chi connectivity index (χ0) is 14.6. The molecule has 0 fully saturated rings. The van der Waals surface area contributed by atoms with Gasteiger partial charge in [-0.15, -0.1) is 0 Å². The van der Waals surface area contributed by atoms with E-state index in [0.717, 1.165) is 4.47 Å². The third-order valence-electron chi connectivity index (χ3n) is 2.30. The minimum atomic E-state index is -0.722. The van der Waals surface area contributed by atoms with Gasteiger partial charge >= 0.3 is 6.09 Å². The molecule has 0 spiro atoms. The number of nitrogens with zero attached hydrogens (tertiary/aromatic N) is 2. The fourth-order valence-electron chi connectivity index (χ4n) is 1.43. The number of carbonyl (C=O) groups is 2. The van der Waals surface area contributed by atoms with Crippen molar-refractivity contribution in [2.45, 2.75) is 32.4 Å². The van der Waals surface area contributed by atoms with Gasteiger partial charge in [-0.25, -0.2) is 4.79 Å². The second-order valence-corrected chi connectivity index (χ2v) is 6.02. The first kappa shape index (κ1) is 15.6. The average Bonchev–Trinajstić information content (AvgIpc) is 2.27. The molecule has 1 unspecified atom stereocenters.